The highest BCUT2D eigenvalue weighted by atomic mass is 16.1. The molecular formula is C14H18N4O. The van der Waals surface area contributed by atoms with Crippen molar-refractivity contribution in [3.63, 3.8) is 0 Å². The van der Waals surface area contributed by atoms with Crippen LogP contribution in [-0.2, 0) is 6.54 Å². The summed E-state index contributed by atoms with van der Waals surface area (Å²) in [5, 5.41) is 0. The molecule has 0 aliphatic rings. The van der Waals surface area contributed by atoms with Gasteiger partial charge < -0.3 is 10.3 Å². The first kappa shape index (κ1) is 13.4. The number of nitrogens with zero attached hydrogens (tertiary/aromatic N) is 3. The highest BCUT2D eigenvalue weighted by molar-refractivity contribution is 5.81. The van der Waals surface area contributed by atoms with Crippen LogP contribution >= 0.6 is 0 Å². The zero-order valence-corrected chi connectivity index (χ0v) is 11.5. The highest BCUT2D eigenvalue weighted by Gasteiger charge is 2.09. The predicted molar refractivity (Wildman–Crippen MR) is 75.1 cm³/mol. The van der Waals surface area contributed by atoms with E-state index < -0.39 is 0 Å². The predicted octanol–water partition coefficient (Wildman–Crippen LogP) is 0.955. The first-order chi connectivity index (χ1) is 9.12. The molecule has 0 aliphatic carbocycles. The lowest BCUT2D eigenvalue weighted by atomic mass is 10.1. The molecule has 5 nitrogen and oxygen atoms in total. The van der Waals surface area contributed by atoms with Crippen molar-refractivity contribution in [2.24, 2.45) is 10.7 Å². The van der Waals surface area contributed by atoms with Crippen molar-refractivity contribution in [3.8, 4) is 0 Å². The summed E-state index contributed by atoms with van der Waals surface area (Å²) in [5.41, 5.74) is 10.7. The average molecular weight is 258 g/mol. The molecule has 100 valence electrons. The van der Waals surface area contributed by atoms with E-state index >= 15 is 0 Å². The van der Waals surface area contributed by atoms with Gasteiger partial charge in [-0.05, 0) is 37.1 Å². The first-order valence-corrected chi connectivity index (χ1v) is 6.22. The van der Waals surface area contributed by atoms with E-state index in [0.717, 1.165) is 22.9 Å². The molecule has 1 heterocycles. The van der Waals surface area contributed by atoms with E-state index in [0.29, 0.717) is 24.3 Å². The molecule has 0 amide bonds. The lowest BCUT2D eigenvalue weighted by molar-refractivity contribution is 0.111. The average Bonchev–Trinajstić information content (AvgIpc) is 2.40. The van der Waals surface area contributed by atoms with Gasteiger partial charge >= 0.3 is 0 Å². The van der Waals surface area contributed by atoms with Gasteiger partial charge in [-0.3, -0.25) is 9.79 Å². The van der Waals surface area contributed by atoms with E-state index in [1.54, 1.807) is 7.05 Å². The number of nitrogens with two attached hydrogens (primary N) is 1. The third kappa shape index (κ3) is 2.29. The van der Waals surface area contributed by atoms with Crippen molar-refractivity contribution in [3.05, 3.63) is 34.4 Å². The van der Waals surface area contributed by atoms with Gasteiger partial charge in [0, 0.05) is 20.1 Å². The van der Waals surface area contributed by atoms with E-state index in [1.165, 1.54) is 5.56 Å². The quantitative estimate of drug-likeness (QED) is 0.833. The van der Waals surface area contributed by atoms with Gasteiger partial charge in [0.2, 0.25) is 0 Å². The molecule has 0 aliphatic heterocycles. The number of aryl methyl sites for hydroxylation is 2. The fourth-order valence-electron chi connectivity index (χ4n) is 2.19. The fraction of sp³-hybridized carbons (Fsp3) is 0.357. The molecule has 2 N–H and O–H groups in total. The zero-order valence-electron chi connectivity index (χ0n) is 11.5. The van der Waals surface area contributed by atoms with Gasteiger partial charge in [0.1, 0.15) is 5.69 Å². The van der Waals surface area contributed by atoms with Gasteiger partial charge in [-0.2, -0.15) is 0 Å². The molecule has 0 radical (unpaired) electrons. The van der Waals surface area contributed by atoms with Crippen LogP contribution < -0.4 is 11.2 Å². The maximum atomic E-state index is 11.2. The minimum Gasteiger partial charge on any atom is -0.329 e. The number of rotatable bonds is 3. The molecule has 19 heavy (non-hydrogen) atoms. The Balaban J connectivity index is 2.96. The van der Waals surface area contributed by atoms with Crippen molar-refractivity contribution in [1.29, 1.82) is 0 Å². The van der Waals surface area contributed by atoms with Crippen molar-refractivity contribution in [2.75, 3.05) is 13.6 Å². The second-order valence-electron chi connectivity index (χ2n) is 4.53. The Labute approximate surface area is 111 Å². The third-order valence-corrected chi connectivity index (χ3v) is 3.28. The van der Waals surface area contributed by atoms with Crippen LogP contribution in [0.15, 0.2) is 17.1 Å². The molecule has 0 unspecified atom stereocenters. The second kappa shape index (κ2) is 5.32. The smallest absolute Gasteiger partial charge is 0.172 e. The van der Waals surface area contributed by atoms with Crippen molar-refractivity contribution >= 4 is 17.3 Å². The summed E-state index contributed by atoms with van der Waals surface area (Å²) in [7, 11) is 1.66. The lowest BCUT2D eigenvalue weighted by Crippen LogP contribution is -2.29. The van der Waals surface area contributed by atoms with Gasteiger partial charge in [0.25, 0.3) is 0 Å². The molecule has 0 fully saturated rings. The van der Waals surface area contributed by atoms with Crippen molar-refractivity contribution in [2.45, 2.75) is 20.4 Å². The number of aldehydes is 1. The minimum absolute atomic E-state index is 0.353. The van der Waals surface area contributed by atoms with Crippen molar-refractivity contribution in [1.82, 2.24) is 9.55 Å². The molecule has 1 aromatic carbocycles. The molecule has 0 spiro atoms. The zero-order chi connectivity index (χ0) is 14.0. The number of hydrogen-bond acceptors (Lipinski definition) is 4. The van der Waals surface area contributed by atoms with Crippen LogP contribution in [0.1, 0.15) is 21.6 Å². The van der Waals surface area contributed by atoms with Crippen LogP contribution in [0.5, 0.6) is 0 Å². The normalized spacial score (nSPS) is 12.1. The SMILES string of the molecule is CN=c1c(C=O)nc2cc(C)c(C)cc2n1CCN. The number of carbonyl (C=O) groups is 1. The van der Waals surface area contributed by atoms with E-state index in [2.05, 4.69) is 23.0 Å². The lowest BCUT2D eigenvalue weighted by Gasteiger charge is -2.13. The van der Waals surface area contributed by atoms with Gasteiger partial charge in [0.05, 0.1) is 11.0 Å². The summed E-state index contributed by atoms with van der Waals surface area (Å²) in [5.74, 6) is 0. The van der Waals surface area contributed by atoms with Crippen LogP contribution in [0, 0.1) is 13.8 Å². The Morgan fingerprint density at radius 1 is 1.37 bits per heavy atom. The fourth-order valence-corrected chi connectivity index (χ4v) is 2.19. The number of fused-ring (bicyclic) bond motifs is 1. The molecule has 1 aromatic heterocycles. The summed E-state index contributed by atoms with van der Waals surface area (Å²) in [6, 6.07) is 4.06. The molecule has 2 aromatic rings. The molecule has 0 atom stereocenters. The first-order valence-electron chi connectivity index (χ1n) is 6.22. The van der Waals surface area contributed by atoms with Crippen LogP contribution in [0.3, 0.4) is 0 Å². The van der Waals surface area contributed by atoms with E-state index in [9.17, 15) is 4.79 Å². The molecular weight excluding hydrogens is 240 g/mol. The Morgan fingerprint density at radius 3 is 2.63 bits per heavy atom. The molecule has 0 saturated carbocycles. The van der Waals surface area contributed by atoms with E-state index in [1.807, 2.05) is 17.6 Å². The Morgan fingerprint density at radius 2 is 2.05 bits per heavy atom. The van der Waals surface area contributed by atoms with Crippen molar-refractivity contribution < 1.29 is 4.79 Å². The maximum absolute atomic E-state index is 11.2. The van der Waals surface area contributed by atoms with E-state index in [4.69, 9.17) is 5.73 Å². The van der Waals surface area contributed by atoms with Gasteiger partial charge in [-0.1, -0.05) is 0 Å². The Kier molecular flexibility index (Phi) is 3.76. The number of aromatic nitrogens is 2. The van der Waals surface area contributed by atoms with E-state index in [-0.39, 0.29) is 0 Å². The minimum atomic E-state index is 0.353. The van der Waals surface area contributed by atoms with Gasteiger partial charge in [-0.15, -0.1) is 0 Å². The number of hydrogen-bond donors (Lipinski definition) is 1. The number of carbonyl (C=O) groups excluding carboxylic acids is 1. The van der Waals surface area contributed by atoms with Gasteiger partial charge in [-0.25, -0.2) is 4.98 Å². The summed E-state index contributed by atoms with van der Waals surface area (Å²) in [4.78, 5) is 19.7. The summed E-state index contributed by atoms with van der Waals surface area (Å²) in [6.45, 7) is 5.17. The number of benzene rings is 1. The van der Waals surface area contributed by atoms with Crippen LogP contribution in [0.4, 0.5) is 0 Å². The Bertz CT molecular complexity index is 701. The monoisotopic (exact) mass is 258 g/mol. The summed E-state index contributed by atoms with van der Waals surface area (Å²) in [6.07, 6.45) is 0.740. The van der Waals surface area contributed by atoms with Crippen LogP contribution in [-0.4, -0.2) is 29.4 Å². The molecule has 0 saturated heterocycles. The van der Waals surface area contributed by atoms with Gasteiger partial charge in [0.15, 0.2) is 11.8 Å². The maximum Gasteiger partial charge on any atom is 0.172 e. The second-order valence-corrected chi connectivity index (χ2v) is 4.53. The molecule has 2 rings (SSSR count). The topological polar surface area (TPSA) is 73.3 Å². The largest absolute Gasteiger partial charge is 0.329 e. The molecule has 5 heteroatoms. The Hall–Kier alpha value is -2.01. The summed E-state index contributed by atoms with van der Waals surface area (Å²) >= 11 is 0. The van der Waals surface area contributed by atoms with Crippen LogP contribution in [0.25, 0.3) is 11.0 Å². The standard InChI is InChI=1S/C14H18N4O/c1-9-6-11-13(7-10(9)2)18(5-4-15)14(16-3)12(8-19)17-11/h6-8H,4-5,15H2,1-3H3. The summed E-state index contributed by atoms with van der Waals surface area (Å²) < 4.78 is 1.96. The third-order valence-electron chi connectivity index (χ3n) is 3.28. The molecule has 0 bridgehead atoms. The van der Waals surface area contributed by atoms with Crippen LogP contribution in [0.2, 0.25) is 0 Å². The highest BCUT2D eigenvalue weighted by Crippen LogP contribution is 2.16.